The van der Waals surface area contributed by atoms with E-state index in [0.29, 0.717) is 0 Å². The van der Waals surface area contributed by atoms with E-state index in [-0.39, 0.29) is 6.04 Å². The number of rotatable bonds is 1. The van der Waals surface area contributed by atoms with Crippen molar-refractivity contribution in [2.45, 2.75) is 6.04 Å². The van der Waals surface area contributed by atoms with Gasteiger partial charge in [-0.25, -0.2) is 9.12 Å². The monoisotopic (exact) mass is 333 g/mol. The van der Waals surface area contributed by atoms with E-state index in [1.807, 2.05) is 30.3 Å². The number of furan rings is 1. The maximum atomic E-state index is 5.87. The first-order valence-corrected chi connectivity index (χ1v) is 7.32. The Morgan fingerprint density at radius 2 is 2.16 bits per heavy atom. The summed E-state index contributed by atoms with van der Waals surface area (Å²) in [7, 11) is 0. The molecule has 2 aromatic rings. The van der Waals surface area contributed by atoms with Crippen LogP contribution in [0.1, 0.15) is 5.76 Å². The molecule has 4 nitrogen and oxygen atoms in total. The van der Waals surface area contributed by atoms with Crippen molar-refractivity contribution in [1.29, 1.82) is 0 Å². The molecule has 3 heterocycles. The summed E-state index contributed by atoms with van der Waals surface area (Å²) >= 11 is 4.80. The molecule has 0 fully saturated rings. The van der Waals surface area contributed by atoms with Gasteiger partial charge in [-0.2, -0.15) is 0 Å². The van der Waals surface area contributed by atoms with Crippen molar-refractivity contribution in [2.24, 2.45) is 9.39 Å². The predicted molar refractivity (Wildman–Crippen MR) is 81.7 cm³/mol. The smallest absolute Gasteiger partial charge is 0.151 e. The minimum atomic E-state index is -0.0232. The first-order chi connectivity index (χ1) is 9.33. The van der Waals surface area contributed by atoms with Crippen LogP contribution in [0, 0.1) is 0 Å². The zero-order chi connectivity index (χ0) is 12.8. The molecule has 0 amide bonds. The minimum absolute atomic E-state index is 0.0232. The molecule has 0 radical (unpaired) electrons. The fourth-order valence-corrected chi connectivity index (χ4v) is 3.41. The summed E-state index contributed by atoms with van der Waals surface area (Å²) in [5, 5.41) is 1.08. The van der Waals surface area contributed by atoms with Crippen LogP contribution in [-0.4, -0.2) is 17.5 Å². The van der Waals surface area contributed by atoms with Crippen LogP contribution in [0.15, 0.2) is 54.8 Å². The summed E-state index contributed by atoms with van der Waals surface area (Å²) < 4.78 is 14.4. The molecule has 2 aliphatic heterocycles. The number of hydrogen-bond donors (Lipinski definition) is 1. The lowest BCUT2D eigenvalue weighted by atomic mass is 10.0. The molecule has 19 heavy (non-hydrogen) atoms. The minimum Gasteiger partial charge on any atom is -0.455 e. The molecular formula is C13H8BrN3OS. The van der Waals surface area contributed by atoms with Crippen LogP contribution in [0.5, 0.6) is 0 Å². The summed E-state index contributed by atoms with van der Waals surface area (Å²) in [6.07, 6.45) is 1.77. The molecule has 0 spiro atoms. The highest BCUT2D eigenvalue weighted by Crippen LogP contribution is 2.29. The molecule has 0 aliphatic carbocycles. The van der Waals surface area contributed by atoms with E-state index in [2.05, 4.69) is 30.0 Å². The highest BCUT2D eigenvalue weighted by molar-refractivity contribution is 9.12. The molecule has 0 saturated carbocycles. The van der Waals surface area contributed by atoms with Crippen LogP contribution < -0.4 is 4.72 Å². The van der Waals surface area contributed by atoms with Gasteiger partial charge in [0.15, 0.2) is 5.76 Å². The van der Waals surface area contributed by atoms with Gasteiger partial charge in [0, 0.05) is 11.6 Å². The zero-order valence-corrected chi connectivity index (χ0v) is 12.0. The predicted octanol–water partition coefficient (Wildman–Crippen LogP) is 3.45. The van der Waals surface area contributed by atoms with Crippen molar-refractivity contribution in [2.75, 3.05) is 0 Å². The number of para-hydroxylation sites is 1. The first kappa shape index (κ1) is 11.5. The van der Waals surface area contributed by atoms with E-state index < -0.39 is 0 Å². The highest BCUT2D eigenvalue weighted by atomic mass is 79.9. The van der Waals surface area contributed by atoms with E-state index in [4.69, 9.17) is 4.42 Å². The Labute approximate surface area is 122 Å². The second kappa shape index (κ2) is 4.33. The Balaban J connectivity index is 1.86. The van der Waals surface area contributed by atoms with E-state index in [1.165, 1.54) is 12.1 Å². The molecule has 1 N–H and O–H groups in total. The summed E-state index contributed by atoms with van der Waals surface area (Å²) in [6.45, 7) is 0. The van der Waals surface area contributed by atoms with Gasteiger partial charge in [-0.05, 0) is 28.1 Å². The van der Waals surface area contributed by atoms with Gasteiger partial charge in [0.05, 0.1) is 22.3 Å². The van der Waals surface area contributed by atoms with Gasteiger partial charge < -0.3 is 4.42 Å². The standard InChI is InChI=1S/C13H8BrN3OS/c14-8-6-15-12(13-11(8)16-19-17-13)10-5-7-3-1-2-4-9(7)18-10/h1-6,13,17H. The fraction of sp³-hybridized carbons (Fsp3) is 0.0769. The van der Waals surface area contributed by atoms with Crippen LogP contribution in [-0.2, 0) is 0 Å². The van der Waals surface area contributed by atoms with Crippen LogP contribution in [0.25, 0.3) is 11.0 Å². The number of benzene rings is 1. The van der Waals surface area contributed by atoms with Crippen molar-refractivity contribution in [3.05, 3.63) is 46.8 Å². The lowest BCUT2D eigenvalue weighted by Gasteiger charge is -2.16. The molecule has 1 unspecified atom stereocenters. The Kier molecular flexibility index (Phi) is 2.61. The van der Waals surface area contributed by atoms with Crippen LogP contribution in [0.2, 0.25) is 0 Å². The number of nitrogens with zero attached hydrogens (tertiary/aromatic N) is 2. The Morgan fingerprint density at radius 3 is 3.05 bits per heavy atom. The van der Waals surface area contributed by atoms with E-state index in [1.54, 1.807) is 6.20 Å². The molecule has 6 heteroatoms. The van der Waals surface area contributed by atoms with Crippen LogP contribution in [0.4, 0.5) is 0 Å². The van der Waals surface area contributed by atoms with Crippen molar-refractivity contribution in [1.82, 2.24) is 4.72 Å². The topological polar surface area (TPSA) is 49.9 Å². The normalized spacial score (nSPS) is 21.9. The Bertz CT molecular complexity index is 729. The maximum Gasteiger partial charge on any atom is 0.151 e. The van der Waals surface area contributed by atoms with Crippen LogP contribution >= 0.6 is 28.1 Å². The van der Waals surface area contributed by atoms with E-state index in [9.17, 15) is 0 Å². The molecular weight excluding hydrogens is 326 g/mol. The van der Waals surface area contributed by atoms with E-state index >= 15 is 0 Å². The number of fused-ring (bicyclic) bond motifs is 2. The molecule has 94 valence electrons. The molecule has 2 aliphatic rings. The number of hydrogen-bond acceptors (Lipinski definition) is 5. The Morgan fingerprint density at radius 1 is 1.26 bits per heavy atom. The quantitative estimate of drug-likeness (QED) is 0.813. The third kappa shape index (κ3) is 1.79. The molecule has 4 rings (SSSR count). The van der Waals surface area contributed by atoms with Crippen molar-refractivity contribution < 1.29 is 4.42 Å². The molecule has 0 bridgehead atoms. The largest absolute Gasteiger partial charge is 0.455 e. The SMILES string of the molecule is BrC1=CN=C(c2cc3ccccc3o2)C2NSN=C12. The molecule has 1 atom stereocenters. The zero-order valence-electron chi connectivity index (χ0n) is 9.63. The molecule has 1 aromatic carbocycles. The third-order valence-electron chi connectivity index (χ3n) is 3.10. The summed E-state index contributed by atoms with van der Waals surface area (Å²) in [5.74, 6) is 0.783. The number of nitrogens with one attached hydrogen (secondary N) is 1. The van der Waals surface area contributed by atoms with Gasteiger partial charge in [0.25, 0.3) is 0 Å². The second-order valence-corrected chi connectivity index (χ2v) is 5.71. The second-order valence-electron chi connectivity index (χ2n) is 4.26. The summed E-state index contributed by atoms with van der Waals surface area (Å²) in [6, 6.07) is 9.94. The number of halogens is 1. The Hall–Kier alpha value is -1.37. The summed E-state index contributed by atoms with van der Waals surface area (Å²) in [4.78, 5) is 4.48. The van der Waals surface area contributed by atoms with Gasteiger partial charge in [-0.3, -0.25) is 4.99 Å². The third-order valence-corrected chi connectivity index (χ3v) is 4.34. The number of aliphatic imine (C=N–C) groups is 1. The van der Waals surface area contributed by atoms with Crippen molar-refractivity contribution in [3.63, 3.8) is 0 Å². The van der Waals surface area contributed by atoms with Crippen molar-refractivity contribution >= 4 is 50.5 Å². The van der Waals surface area contributed by atoms with Gasteiger partial charge in [-0.1, -0.05) is 18.2 Å². The van der Waals surface area contributed by atoms with E-state index in [0.717, 1.165) is 32.6 Å². The lowest BCUT2D eigenvalue weighted by Crippen LogP contribution is -2.38. The van der Waals surface area contributed by atoms with Gasteiger partial charge in [-0.15, -0.1) is 0 Å². The maximum absolute atomic E-state index is 5.87. The molecule has 0 saturated heterocycles. The first-order valence-electron chi connectivity index (χ1n) is 5.75. The highest BCUT2D eigenvalue weighted by Gasteiger charge is 2.33. The lowest BCUT2D eigenvalue weighted by molar-refractivity contribution is 0.601. The average molecular weight is 334 g/mol. The summed E-state index contributed by atoms with van der Waals surface area (Å²) in [5.41, 5.74) is 2.69. The van der Waals surface area contributed by atoms with Crippen molar-refractivity contribution in [3.8, 4) is 0 Å². The van der Waals surface area contributed by atoms with Gasteiger partial charge in [0.1, 0.15) is 17.3 Å². The average Bonchev–Trinajstić information content (AvgIpc) is 3.05. The van der Waals surface area contributed by atoms with Gasteiger partial charge >= 0.3 is 0 Å². The molecule has 1 aromatic heterocycles. The van der Waals surface area contributed by atoms with Gasteiger partial charge in [0.2, 0.25) is 0 Å². The fourth-order valence-electron chi connectivity index (χ4n) is 2.18. The van der Waals surface area contributed by atoms with Crippen LogP contribution in [0.3, 0.4) is 0 Å².